The normalized spacial score (nSPS) is 17.3. The molecular weight excluding hydrogens is 358 g/mol. The van der Waals surface area contributed by atoms with Gasteiger partial charge in [0.2, 0.25) is 0 Å². The molecule has 2 amide bonds. The van der Waals surface area contributed by atoms with Gasteiger partial charge in [0.1, 0.15) is 11.2 Å². The second-order valence-corrected chi connectivity index (χ2v) is 7.05. The van der Waals surface area contributed by atoms with Gasteiger partial charge < -0.3 is 10.2 Å². The smallest absolute Gasteiger partial charge is 0.308 e. The molecule has 7 heteroatoms. The van der Waals surface area contributed by atoms with Crippen LogP contribution in [0.4, 0.5) is 14.9 Å². The SMILES string of the molecule is O=C(Nc1cccc(F)c1)N1CCS[C@H]1c1ccc(Cl)cc1Cl. The van der Waals surface area contributed by atoms with E-state index in [9.17, 15) is 9.18 Å². The van der Waals surface area contributed by atoms with Crippen molar-refractivity contribution in [2.75, 3.05) is 17.6 Å². The molecule has 0 spiro atoms. The molecule has 1 N–H and O–H groups in total. The third-order valence-electron chi connectivity index (χ3n) is 3.46. The minimum atomic E-state index is -0.393. The molecule has 1 atom stereocenters. The fourth-order valence-electron chi connectivity index (χ4n) is 2.40. The van der Waals surface area contributed by atoms with Crippen molar-refractivity contribution < 1.29 is 9.18 Å². The number of urea groups is 1. The Morgan fingerprint density at radius 3 is 2.83 bits per heavy atom. The lowest BCUT2D eigenvalue weighted by molar-refractivity contribution is 0.214. The molecule has 3 nitrogen and oxygen atoms in total. The molecule has 0 saturated carbocycles. The summed E-state index contributed by atoms with van der Waals surface area (Å²) in [5.74, 6) is 0.413. The monoisotopic (exact) mass is 370 g/mol. The number of carbonyl (C=O) groups is 1. The lowest BCUT2D eigenvalue weighted by Crippen LogP contribution is -2.34. The molecule has 1 fully saturated rings. The number of amides is 2. The minimum absolute atomic E-state index is 0.187. The van der Waals surface area contributed by atoms with Gasteiger partial charge in [-0.2, -0.15) is 0 Å². The van der Waals surface area contributed by atoms with Crippen LogP contribution in [0.1, 0.15) is 10.9 Å². The van der Waals surface area contributed by atoms with E-state index in [1.165, 1.54) is 12.1 Å². The molecule has 1 aliphatic heterocycles. The Morgan fingerprint density at radius 2 is 2.09 bits per heavy atom. The molecule has 3 rings (SSSR count). The molecular formula is C16H13Cl2FN2OS. The Balaban J connectivity index is 1.79. The largest absolute Gasteiger partial charge is 0.323 e. The molecule has 120 valence electrons. The predicted molar refractivity (Wildman–Crippen MR) is 93.8 cm³/mol. The molecule has 1 saturated heterocycles. The van der Waals surface area contributed by atoms with Crippen LogP contribution >= 0.6 is 35.0 Å². The van der Waals surface area contributed by atoms with Gasteiger partial charge in [0.25, 0.3) is 0 Å². The molecule has 2 aromatic rings. The second-order valence-electron chi connectivity index (χ2n) is 5.02. The van der Waals surface area contributed by atoms with Crippen molar-refractivity contribution in [3.05, 3.63) is 63.9 Å². The number of nitrogens with one attached hydrogen (secondary N) is 1. The van der Waals surface area contributed by atoms with E-state index in [1.54, 1.807) is 40.9 Å². The van der Waals surface area contributed by atoms with Crippen molar-refractivity contribution in [2.45, 2.75) is 5.37 Å². The van der Waals surface area contributed by atoms with Crippen LogP contribution in [0.5, 0.6) is 0 Å². The highest BCUT2D eigenvalue weighted by atomic mass is 35.5. The molecule has 2 aromatic carbocycles. The van der Waals surface area contributed by atoms with Crippen molar-refractivity contribution in [1.29, 1.82) is 0 Å². The number of anilines is 1. The lowest BCUT2D eigenvalue weighted by atomic mass is 10.2. The Kier molecular flexibility index (Phi) is 4.99. The Hall–Kier alpha value is -1.43. The third-order valence-corrected chi connectivity index (χ3v) is 5.26. The molecule has 0 radical (unpaired) electrons. The van der Waals surface area contributed by atoms with E-state index < -0.39 is 5.82 Å². The van der Waals surface area contributed by atoms with Crippen molar-refractivity contribution >= 4 is 46.7 Å². The summed E-state index contributed by atoms with van der Waals surface area (Å²) in [7, 11) is 0. The number of benzene rings is 2. The Labute approximate surface area is 147 Å². The molecule has 0 aromatic heterocycles. The number of halogens is 3. The average Bonchev–Trinajstić information content (AvgIpc) is 2.96. The third kappa shape index (κ3) is 3.74. The number of carbonyl (C=O) groups excluding carboxylic acids is 1. The first kappa shape index (κ1) is 16.4. The van der Waals surface area contributed by atoms with E-state index in [-0.39, 0.29) is 11.4 Å². The van der Waals surface area contributed by atoms with Gasteiger partial charge in [-0.3, -0.25) is 0 Å². The first-order valence-electron chi connectivity index (χ1n) is 6.94. The van der Waals surface area contributed by atoms with Gasteiger partial charge in [-0.25, -0.2) is 9.18 Å². The highest BCUT2D eigenvalue weighted by Crippen LogP contribution is 2.41. The standard InChI is InChI=1S/C16H13Cl2FN2OS/c17-10-4-5-13(14(18)8-10)15-21(6-7-23-15)16(22)20-12-3-1-2-11(19)9-12/h1-5,8-9,15H,6-7H2,(H,20,22)/t15-/m0/s1. The number of hydrogen-bond donors (Lipinski definition) is 1. The lowest BCUT2D eigenvalue weighted by Gasteiger charge is -2.25. The summed E-state index contributed by atoms with van der Waals surface area (Å²) in [5, 5.41) is 3.61. The Morgan fingerprint density at radius 1 is 1.26 bits per heavy atom. The summed E-state index contributed by atoms with van der Waals surface area (Å²) in [4.78, 5) is 14.2. The molecule has 23 heavy (non-hydrogen) atoms. The van der Waals surface area contributed by atoms with Crippen LogP contribution in [0.3, 0.4) is 0 Å². The molecule has 0 unspecified atom stereocenters. The van der Waals surface area contributed by atoms with Gasteiger partial charge >= 0.3 is 6.03 Å². The van der Waals surface area contributed by atoms with Crippen molar-refractivity contribution in [2.24, 2.45) is 0 Å². The highest BCUT2D eigenvalue weighted by Gasteiger charge is 2.32. The summed E-state index contributed by atoms with van der Waals surface area (Å²) in [6, 6.07) is 10.8. The van der Waals surface area contributed by atoms with Gasteiger partial charge in [0, 0.05) is 33.6 Å². The van der Waals surface area contributed by atoms with Gasteiger partial charge in [-0.15, -0.1) is 11.8 Å². The summed E-state index contributed by atoms with van der Waals surface area (Å²) >= 11 is 13.8. The van der Waals surface area contributed by atoms with Crippen LogP contribution < -0.4 is 5.32 Å². The first-order valence-corrected chi connectivity index (χ1v) is 8.75. The summed E-state index contributed by atoms with van der Waals surface area (Å²) < 4.78 is 13.2. The molecule has 0 bridgehead atoms. The van der Waals surface area contributed by atoms with E-state index in [4.69, 9.17) is 23.2 Å². The van der Waals surface area contributed by atoms with Crippen molar-refractivity contribution in [3.8, 4) is 0 Å². The highest BCUT2D eigenvalue weighted by molar-refractivity contribution is 7.99. The number of thioether (sulfide) groups is 1. The van der Waals surface area contributed by atoms with Crippen LogP contribution in [0.2, 0.25) is 10.0 Å². The number of nitrogens with zero attached hydrogens (tertiary/aromatic N) is 1. The number of rotatable bonds is 2. The zero-order chi connectivity index (χ0) is 16.4. The second kappa shape index (κ2) is 6.99. The van der Waals surface area contributed by atoms with Gasteiger partial charge in [-0.05, 0) is 30.3 Å². The molecule has 1 aliphatic rings. The average molecular weight is 371 g/mol. The van der Waals surface area contributed by atoms with E-state index in [0.717, 1.165) is 11.3 Å². The van der Waals surface area contributed by atoms with Crippen LogP contribution in [0, 0.1) is 5.82 Å². The summed E-state index contributed by atoms with van der Waals surface area (Å²) in [6.45, 7) is 0.593. The van der Waals surface area contributed by atoms with Crippen molar-refractivity contribution in [3.63, 3.8) is 0 Å². The van der Waals surface area contributed by atoms with Crippen LogP contribution in [-0.4, -0.2) is 23.2 Å². The summed E-state index contributed by atoms with van der Waals surface area (Å²) in [6.07, 6.45) is 0. The zero-order valence-electron chi connectivity index (χ0n) is 11.9. The van der Waals surface area contributed by atoms with E-state index >= 15 is 0 Å². The molecule has 1 heterocycles. The topological polar surface area (TPSA) is 32.3 Å². The zero-order valence-corrected chi connectivity index (χ0v) is 14.3. The van der Waals surface area contributed by atoms with Crippen molar-refractivity contribution in [1.82, 2.24) is 4.90 Å². The quantitative estimate of drug-likeness (QED) is 0.765. The summed E-state index contributed by atoms with van der Waals surface area (Å²) in [5.41, 5.74) is 1.26. The number of hydrogen-bond acceptors (Lipinski definition) is 2. The van der Waals surface area contributed by atoms with E-state index in [0.29, 0.717) is 22.3 Å². The van der Waals surface area contributed by atoms with Gasteiger partial charge in [-0.1, -0.05) is 35.3 Å². The van der Waals surface area contributed by atoms with E-state index in [1.807, 2.05) is 6.07 Å². The maximum Gasteiger partial charge on any atom is 0.323 e. The van der Waals surface area contributed by atoms with Crippen LogP contribution in [0.25, 0.3) is 0 Å². The van der Waals surface area contributed by atoms with Crippen LogP contribution in [0.15, 0.2) is 42.5 Å². The predicted octanol–water partition coefficient (Wildman–Crippen LogP) is 5.41. The maximum atomic E-state index is 13.2. The maximum absolute atomic E-state index is 13.2. The molecule has 0 aliphatic carbocycles. The Bertz CT molecular complexity index is 744. The van der Waals surface area contributed by atoms with Gasteiger partial charge in [0.15, 0.2) is 0 Å². The van der Waals surface area contributed by atoms with Crippen LogP contribution in [-0.2, 0) is 0 Å². The first-order chi connectivity index (χ1) is 11.0. The fourth-order valence-corrected chi connectivity index (χ4v) is 4.27. The minimum Gasteiger partial charge on any atom is -0.308 e. The van der Waals surface area contributed by atoms with E-state index in [2.05, 4.69) is 5.32 Å². The van der Waals surface area contributed by atoms with Gasteiger partial charge in [0.05, 0.1) is 0 Å². The fraction of sp³-hybridized carbons (Fsp3) is 0.188.